The maximum absolute atomic E-state index is 3.91. The third-order valence-electron chi connectivity index (χ3n) is 1.98. The minimum absolute atomic E-state index is 0. The molecule has 3 heteroatoms. The third-order valence-corrected chi connectivity index (χ3v) is 2.77. The van der Waals surface area contributed by atoms with Crippen molar-refractivity contribution >= 4 is 35.2 Å². The molecule has 116 valence electrons. The van der Waals surface area contributed by atoms with Gasteiger partial charge < -0.3 is 25.8 Å². The minimum Gasteiger partial charge on any atom is -0.391 e. The fraction of sp³-hybridized carbons (Fsp3) is 0.647. The minimum atomic E-state index is 0. The molecule has 1 aromatic heterocycles. The number of rotatable bonds is 3. The molecule has 0 amide bonds. The molecule has 1 heterocycles. The van der Waals surface area contributed by atoms with Crippen LogP contribution in [0.4, 0.5) is 0 Å². The quantitative estimate of drug-likeness (QED) is 0.444. The second-order valence-electron chi connectivity index (χ2n) is 4.01. The molecule has 0 unspecified atom stereocenters. The number of aryl methyl sites for hydroxylation is 2. The molecule has 20 heavy (non-hydrogen) atoms. The number of thiazole rings is 1. The summed E-state index contributed by atoms with van der Waals surface area (Å²) in [6.07, 6.45) is 6.83. The monoisotopic (exact) mass is 403 g/mol. The van der Waals surface area contributed by atoms with Gasteiger partial charge in [-0.2, -0.15) is 19.3 Å². The summed E-state index contributed by atoms with van der Waals surface area (Å²) in [6, 6.07) is 0. The van der Waals surface area contributed by atoms with E-state index in [1.54, 1.807) is 11.3 Å². The summed E-state index contributed by atoms with van der Waals surface area (Å²) in [5.74, 6) is 0. The maximum Gasteiger partial charge on any atom is 4.00 e. The maximum atomic E-state index is 3.91. The van der Waals surface area contributed by atoms with E-state index in [4.69, 9.17) is 0 Å². The Hall–Kier alpha value is 0.429. The van der Waals surface area contributed by atoms with Crippen molar-refractivity contribution in [3.63, 3.8) is 0 Å². The number of nitrogens with zero attached hydrogens (tertiary/aromatic N) is 1. The molecule has 0 aliphatic carbocycles. The summed E-state index contributed by atoms with van der Waals surface area (Å²) in [6.45, 7) is 21.2. The Kier molecular flexibility index (Phi) is 39.6. The van der Waals surface area contributed by atoms with Crippen molar-refractivity contribution in [2.45, 2.75) is 73.1 Å². The van der Waals surface area contributed by atoms with Crippen molar-refractivity contribution in [2.24, 2.45) is 0 Å². The van der Waals surface area contributed by atoms with E-state index in [2.05, 4.69) is 52.0 Å². The summed E-state index contributed by atoms with van der Waals surface area (Å²) in [7, 11) is 0. The van der Waals surface area contributed by atoms with Crippen molar-refractivity contribution in [1.82, 2.24) is 4.98 Å². The molecule has 0 radical (unpaired) electrons. The molecular weight excluding hydrogens is 369 g/mol. The molecule has 0 aliphatic rings. The molecular formula is C17H33NSSn. The summed E-state index contributed by atoms with van der Waals surface area (Å²) < 4.78 is 0. The van der Waals surface area contributed by atoms with Gasteiger partial charge in [0.1, 0.15) is 0 Å². The zero-order valence-corrected chi connectivity index (χ0v) is 17.9. The number of unbranched alkanes of at least 4 members (excludes halogenated alkanes) is 3. The molecule has 0 saturated heterocycles. The van der Waals surface area contributed by atoms with Gasteiger partial charge in [-0.15, -0.1) is 10.6 Å². The van der Waals surface area contributed by atoms with Crippen molar-refractivity contribution in [1.29, 1.82) is 0 Å². The smallest absolute Gasteiger partial charge is 0.391 e. The van der Waals surface area contributed by atoms with Gasteiger partial charge in [-0.25, -0.2) is 0 Å². The largest absolute Gasteiger partial charge is 4.00 e. The van der Waals surface area contributed by atoms with E-state index < -0.39 is 0 Å². The Morgan fingerprint density at radius 1 is 0.900 bits per heavy atom. The molecule has 1 nitrogen and oxygen atoms in total. The van der Waals surface area contributed by atoms with Crippen LogP contribution in [-0.2, 0) is 0 Å². The van der Waals surface area contributed by atoms with Crippen LogP contribution < -0.4 is 0 Å². The van der Waals surface area contributed by atoms with Crippen LogP contribution in [0.25, 0.3) is 0 Å². The molecule has 0 saturated carbocycles. The van der Waals surface area contributed by atoms with Gasteiger partial charge in [-0.05, 0) is 5.51 Å². The first kappa shape index (κ1) is 28.6. The molecule has 0 N–H and O–H groups in total. The van der Waals surface area contributed by atoms with Gasteiger partial charge >= 0.3 is 23.9 Å². The Morgan fingerprint density at radius 3 is 1.25 bits per heavy atom. The van der Waals surface area contributed by atoms with E-state index in [-0.39, 0.29) is 23.9 Å². The van der Waals surface area contributed by atoms with E-state index in [0.717, 1.165) is 25.0 Å². The average molecular weight is 402 g/mol. The summed E-state index contributed by atoms with van der Waals surface area (Å²) >= 11 is 1.57. The Morgan fingerprint density at radius 2 is 1.20 bits per heavy atom. The van der Waals surface area contributed by atoms with Gasteiger partial charge in [-0.3, -0.25) is 11.3 Å². The predicted molar refractivity (Wildman–Crippen MR) is 97.0 cm³/mol. The van der Waals surface area contributed by atoms with E-state index in [9.17, 15) is 0 Å². The molecule has 0 aromatic carbocycles. The molecule has 1 rings (SSSR count). The summed E-state index contributed by atoms with van der Waals surface area (Å²) in [4.78, 5) is 5.17. The van der Waals surface area contributed by atoms with Crippen LogP contribution in [-0.4, -0.2) is 28.9 Å². The zero-order chi connectivity index (χ0) is 15.5. The van der Waals surface area contributed by atoms with Crippen molar-refractivity contribution in [3.05, 3.63) is 36.9 Å². The van der Waals surface area contributed by atoms with Gasteiger partial charge in [0.25, 0.3) is 0 Å². The molecule has 0 atom stereocenters. The van der Waals surface area contributed by atoms with Crippen LogP contribution in [0.5, 0.6) is 0 Å². The average Bonchev–Trinajstić information content (AvgIpc) is 2.83. The Labute approximate surface area is 149 Å². The van der Waals surface area contributed by atoms with Crippen molar-refractivity contribution < 1.29 is 0 Å². The van der Waals surface area contributed by atoms with E-state index in [0.29, 0.717) is 0 Å². The second-order valence-corrected chi connectivity index (χ2v) is 5.01. The fourth-order valence-corrected chi connectivity index (χ4v) is 0.825. The van der Waals surface area contributed by atoms with Crippen LogP contribution in [0.2, 0.25) is 0 Å². The van der Waals surface area contributed by atoms with Gasteiger partial charge in [0.05, 0.1) is 0 Å². The summed E-state index contributed by atoms with van der Waals surface area (Å²) in [5.41, 5.74) is 3.89. The van der Waals surface area contributed by atoms with E-state index in [1.165, 1.54) is 24.1 Å². The van der Waals surface area contributed by atoms with Crippen LogP contribution >= 0.6 is 11.3 Å². The SMILES string of the molecule is Cc1n[c-]sc1C.[CH2-]CCC.[CH2-]CCC.[CH2-]CCC.[Sn+4]. The molecule has 0 aliphatic heterocycles. The van der Waals surface area contributed by atoms with Crippen LogP contribution in [0, 0.1) is 40.1 Å². The fourth-order valence-electron chi connectivity index (χ4n) is 0.312. The van der Waals surface area contributed by atoms with Gasteiger partial charge in [0, 0.05) is 0 Å². The first-order valence-corrected chi connectivity index (χ1v) is 8.04. The number of aromatic nitrogens is 1. The molecule has 0 bridgehead atoms. The molecule has 0 fully saturated rings. The molecule has 0 spiro atoms. The van der Waals surface area contributed by atoms with E-state index in [1.807, 2.05) is 13.8 Å². The van der Waals surface area contributed by atoms with Crippen LogP contribution in [0.15, 0.2) is 0 Å². The first-order chi connectivity index (χ1) is 9.05. The Balaban J connectivity index is -0.0000000881. The number of hydrogen-bond donors (Lipinski definition) is 0. The number of hydrogen-bond acceptors (Lipinski definition) is 2. The normalized spacial score (nSPS) is 7.80. The van der Waals surface area contributed by atoms with Crippen molar-refractivity contribution in [3.8, 4) is 0 Å². The van der Waals surface area contributed by atoms with Gasteiger partial charge in [0.2, 0.25) is 0 Å². The third kappa shape index (κ3) is 31.0. The molecule has 1 aromatic rings. The standard InChI is InChI=1S/C5H6NS.3C4H9.Sn/c1-4-5(2)7-3-6-4;3*1-3-4-2;/h1-2H3;3*1,3-4H2,2H3;/q4*-1;+4. The Bertz CT molecular complexity index is 205. The van der Waals surface area contributed by atoms with Crippen LogP contribution in [0.1, 0.15) is 69.9 Å². The van der Waals surface area contributed by atoms with Crippen molar-refractivity contribution in [2.75, 3.05) is 0 Å². The predicted octanol–water partition coefficient (Wildman–Crippen LogP) is 6.04. The second kappa shape index (κ2) is 27.7. The van der Waals surface area contributed by atoms with Gasteiger partial charge in [0.15, 0.2) is 0 Å². The zero-order valence-electron chi connectivity index (χ0n) is 14.2. The topological polar surface area (TPSA) is 12.9 Å². The van der Waals surface area contributed by atoms with Gasteiger partial charge in [-0.1, -0.05) is 53.9 Å². The van der Waals surface area contributed by atoms with Crippen LogP contribution in [0.3, 0.4) is 0 Å². The first-order valence-electron chi connectivity index (χ1n) is 7.23. The van der Waals surface area contributed by atoms with E-state index >= 15 is 0 Å². The summed E-state index contributed by atoms with van der Waals surface area (Å²) in [5, 5.41) is 0.